The summed E-state index contributed by atoms with van der Waals surface area (Å²) >= 11 is 5.12. The zero-order valence-corrected chi connectivity index (χ0v) is 12.6. The molecule has 0 radical (unpaired) electrons. The molecule has 2 aromatic rings. The summed E-state index contributed by atoms with van der Waals surface area (Å²) < 4.78 is 0.921. The van der Waals surface area contributed by atoms with Crippen molar-refractivity contribution in [3.8, 4) is 6.07 Å². The third-order valence-electron chi connectivity index (χ3n) is 2.77. The Morgan fingerprint density at radius 2 is 2.17 bits per heavy atom. The Morgan fingerprint density at radius 1 is 1.39 bits per heavy atom. The molecule has 1 aromatic heterocycles. The van der Waals surface area contributed by atoms with Crippen LogP contribution >= 0.6 is 27.3 Å². The molecule has 1 atom stereocenters. The minimum atomic E-state index is 0.207. The zero-order valence-electron chi connectivity index (χ0n) is 10.2. The molecule has 2 nitrogen and oxygen atoms in total. The molecular formula is C14H13BrN2S. The van der Waals surface area contributed by atoms with Crippen molar-refractivity contribution in [2.24, 2.45) is 0 Å². The second-order valence-corrected chi connectivity index (χ2v) is 6.00. The van der Waals surface area contributed by atoms with E-state index in [9.17, 15) is 0 Å². The lowest BCUT2D eigenvalue weighted by Crippen LogP contribution is -2.07. The number of nitrogens with one attached hydrogen (secondary N) is 1. The van der Waals surface area contributed by atoms with E-state index in [0.29, 0.717) is 5.56 Å². The van der Waals surface area contributed by atoms with Gasteiger partial charge in [0.05, 0.1) is 17.3 Å². The van der Waals surface area contributed by atoms with Crippen LogP contribution in [0.25, 0.3) is 0 Å². The van der Waals surface area contributed by atoms with E-state index >= 15 is 0 Å². The molecule has 0 amide bonds. The van der Waals surface area contributed by atoms with E-state index in [4.69, 9.17) is 5.26 Å². The molecule has 0 bridgehead atoms. The Hall–Kier alpha value is -1.31. The Bertz CT molecular complexity index is 598. The topological polar surface area (TPSA) is 35.8 Å². The quantitative estimate of drug-likeness (QED) is 0.876. The average Bonchev–Trinajstić information content (AvgIpc) is 2.77. The summed E-state index contributed by atoms with van der Waals surface area (Å²) in [6, 6.07) is 10.2. The van der Waals surface area contributed by atoms with E-state index in [1.165, 1.54) is 10.4 Å². The van der Waals surface area contributed by atoms with E-state index in [1.807, 2.05) is 18.2 Å². The maximum atomic E-state index is 9.13. The van der Waals surface area contributed by atoms with Gasteiger partial charge in [-0.2, -0.15) is 5.26 Å². The first kappa shape index (κ1) is 13.1. The molecule has 0 aliphatic carbocycles. The highest BCUT2D eigenvalue weighted by Gasteiger charge is 2.11. The Labute approximate surface area is 119 Å². The molecule has 0 aliphatic heterocycles. The smallest absolute Gasteiger partial charge is 0.101 e. The van der Waals surface area contributed by atoms with Crippen molar-refractivity contribution < 1.29 is 0 Å². The predicted molar refractivity (Wildman–Crippen MR) is 80.0 cm³/mol. The number of thiophene rings is 1. The minimum absolute atomic E-state index is 0.207. The fourth-order valence-corrected chi connectivity index (χ4v) is 3.16. The van der Waals surface area contributed by atoms with Crippen molar-refractivity contribution in [2.45, 2.75) is 19.9 Å². The standard InChI is InChI=1S/C14H13BrN2S/c1-9-5-6-18-14(9)10(2)17-13-4-3-12(15)7-11(13)8-16/h3-7,10,17H,1-2H3. The molecule has 1 aromatic carbocycles. The maximum Gasteiger partial charge on any atom is 0.101 e. The highest BCUT2D eigenvalue weighted by Crippen LogP contribution is 2.29. The first-order chi connectivity index (χ1) is 8.61. The third kappa shape index (κ3) is 2.74. The third-order valence-corrected chi connectivity index (χ3v) is 4.46. The molecular weight excluding hydrogens is 308 g/mol. The van der Waals surface area contributed by atoms with Gasteiger partial charge in [0.2, 0.25) is 0 Å². The highest BCUT2D eigenvalue weighted by atomic mass is 79.9. The average molecular weight is 321 g/mol. The number of hydrogen-bond donors (Lipinski definition) is 1. The van der Waals surface area contributed by atoms with Crippen molar-refractivity contribution in [3.05, 3.63) is 50.1 Å². The number of hydrogen-bond acceptors (Lipinski definition) is 3. The molecule has 0 aliphatic rings. The molecule has 0 spiro atoms. The zero-order chi connectivity index (χ0) is 13.1. The van der Waals surface area contributed by atoms with Gasteiger partial charge in [-0.3, -0.25) is 0 Å². The second kappa shape index (κ2) is 5.55. The van der Waals surface area contributed by atoms with Crippen molar-refractivity contribution in [3.63, 3.8) is 0 Å². The number of benzene rings is 1. The summed E-state index contributed by atoms with van der Waals surface area (Å²) in [4.78, 5) is 1.31. The normalized spacial score (nSPS) is 11.9. The van der Waals surface area contributed by atoms with Gasteiger partial charge in [-0.25, -0.2) is 0 Å². The lowest BCUT2D eigenvalue weighted by molar-refractivity contribution is 0.898. The van der Waals surface area contributed by atoms with Gasteiger partial charge in [-0.1, -0.05) is 15.9 Å². The molecule has 0 saturated carbocycles. The van der Waals surface area contributed by atoms with Crippen LogP contribution in [0.2, 0.25) is 0 Å². The van der Waals surface area contributed by atoms with Gasteiger partial charge < -0.3 is 5.32 Å². The summed E-state index contributed by atoms with van der Waals surface area (Å²) in [6.45, 7) is 4.22. The fourth-order valence-electron chi connectivity index (χ4n) is 1.86. The molecule has 2 rings (SSSR count). The van der Waals surface area contributed by atoms with Crippen LogP contribution in [0, 0.1) is 18.3 Å². The first-order valence-corrected chi connectivity index (χ1v) is 7.29. The number of halogens is 1. The van der Waals surface area contributed by atoms with Gasteiger partial charge in [-0.15, -0.1) is 11.3 Å². The van der Waals surface area contributed by atoms with E-state index < -0.39 is 0 Å². The van der Waals surface area contributed by atoms with Crippen LogP contribution in [0.4, 0.5) is 5.69 Å². The number of nitrogens with zero attached hydrogens (tertiary/aromatic N) is 1. The van der Waals surface area contributed by atoms with Crippen LogP contribution in [0.1, 0.15) is 29.0 Å². The fraction of sp³-hybridized carbons (Fsp3) is 0.214. The highest BCUT2D eigenvalue weighted by molar-refractivity contribution is 9.10. The molecule has 4 heteroatoms. The van der Waals surface area contributed by atoms with Crippen molar-refractivity contribution in [2.75, 3.05) is 5.32 Å². The molecule has 1 N–H and O–H groups in total. The molecule has 18 heavy (non-hydrogen) atoms. The van der Waals surface area contributed by atoms with Gasteiger partial charge in [0.25, 0.3) is 0 Å². The van der Waals surface area contributed by atoms with E-state index in [1.54, 1.807) is 11.3 Å². The monoisotopic (exact) mass is 320 g/mol. The van der Waals surface area contributed by atoms with Crippen LogP contribution in [-0.4, -0.2) is 0 Å². The molecule has 1 unspecified atom stereocenters. The lowest BCUT2D eigenvalue weighted by Gasteiger charge is -2.16. The van der Waals surface area contributed by atoms with Gasteiger partial charge in [0.15, 0.2) is 0 Å². The predicted octanol–water partition coefficient (Wildman–Crippen LogP) is 4.86. The Morgan fingerprint density at radius 3 is 2.78 bits per heavy atom. The molecule has 0 fully saturated rings. The van der Waals surface area contributed by atoms with E-state index in [-0.39, 0.29) is 6.04 Å². The molecule has 0 saturated heterocycles. The lowest BCUT2D eigenvalue weighted by atomic mass is 10.1. The van der Waals surface area contributed by atoms with Crippen LogP contribution in [0.3, 0.4) is 0 Å². The Kier molecular flexibility index (Phi) is 4.05. The number of rotatable bonds is 3. The summed E-state index contributed by atoms with van der Waals surface area (Å²) in [7, 11) is 0. The van der Waals surface area contributed by atoms with Crippen LogP contribution in [0.5, 0.6) is 0 Å². The minimum Gasteiger partial charge on any atom is -0.377 e. The SMILES string of the molecule is Cc1ccsc1C(C)Nc1ccc(Br)cc1C#N. The number of nitriles is 1. The summed E-state index contributed by atoms with van der Waals surface area (Å²) in [5.41, 5.74) is 2.82. The summed E-state index contributed by atoms with van der Waals surface area (Å²) in [5, 5.41) is 14.6. The van der Waals surface area contributed by atoms with Crippen LogP contribution < -0.4 is 5.32 Å². The maximum absolute atomic E-state index is 9.13. The number of anilines is 1. The van der Waals surface area contributed by atoms with Crippen molar-refractivity contribution in [1.82, 2.24) is 0 Å². The van der Waals surface area contributed by atoms with E-state index in [0.717, 1.165) is 10.2 Å². The second-order valence-electron chi connectivity index (χ2n) is 4.14. The first-order valence-electron chi connectivity index (χ1n) is 5.62. The molecule has 92 valence electrons. The molecule has 1 heterocycles. The van der Waals surface area contributed by atoms with Crippen molar-refractivity contribution in [1.29, 1.82) is 5.26 Å². The van der Waals surface area contributed by atoms with Gasteiger partial charge in [-0.05, 0) is 49.1 Å². The van der Waals surface area contributed by atoms with Crippen LogP contribution in [0.15, 0.2) is 34.1 Å². The van der Waals surface area contributed by atoms with Crippen LogP contribution in [-0.2, 0) is 0 Å². The summed E-state index contributed by atoms with van der Waals surface area (Å²) in [5.74, 6) is 0. The van der Waals surface area contributed by atoms with Gasteiger partial charge >= 0.3 is 0 Å². The van der Waals surface area contributed by atoms with Gasteiger partial charge in [0, 0.05) is 9.35 Å². The summed E-state index contributed by atoms with van der Waals surface area (Å²) in [6.07, 6.45) is 0. The van der Waals surface area contributed by atoms with Crippen molar-refractivity contribution >= 4 is 33.0 Å². The number of aryl methyl sites for hydroxylation is 1. The largest absolute Gasteiger partial charge is 0.377 e. The van der Waals surface area contributed by atoms with E-state index in [2.05, 4.69) is 52.6 Å². The van der Waals surface area contributed by atoms with Gasteiger partial charge in [0.1, 0.15) is 6.07 Å². The Balaban J connectivity index is 2.25.